The maximum Gasteiger partial charge on any atom is 0.232 e. The van der Waals surface area contributed by atoms with Crippen LogP contribution in [0.4, 0.5) is 5.13 Å². The third-order valence-corrected chi connectivity index (χ3v) is 6.16. The van der Waals surface area contributed by atoms with Crippen molar-refractivity contribution in [3.05, 3.63) is 54.6 Å². The number of morpholine rings is 1. The molecule has 0 N–H and O–H groups in total. The number of hydrogen-bond acceptors (Lipinski definition) is 6. The van der Waals surface area contributed by atoms with Gasteiger partial charge in [-0.15, -0.1) is 0 Å². The molecule has 1 fully saturated rings. The lowest BCUT2D eigenvalue weighted by atomic mass is 10.3. The van der Waals surface area contributed by atoms with Crippen LogP contribution in [0.3, 0.4) is 0 Å². The Morgan fingerprint density at radius 3 is 2.67 bits per heavy atom. The van der Waals surface area contributed by atoms with E-state index in [4.69, 9.17) is 14.5 Å². The second-order valence-corrected chi connectivity index (χ2v) is 8.24. The largest absolute Gasteiger partial charge is 0.493 e. The highest BCUT2D eigenvalue weighted by molar-refractivity contribution is 7.22. The molecular formula is C23H27N3O3S. The Labute approximate surface area is 181 Å². The first-order valence-corrected chi connectivity index (χ1v) is 11.2. The Morgan fingerprint density at radius 2 is 1.87 bits per heavy atom. The van der Waals surface area contributed by atoms with E-state index < -0.39 is 0 Å². The molecule has 0 atom stereocenters. The number of carbonyl (C=O) groups is 1. The van der Waals surface area contributed by atoms with Gasteiger partial charge in [0.1, 0.15) is 5.75 Å². The summed E-state index contributed by atoms with van der Waals surface area (Å²) in [7, 11) is 0. The summed E-state index contributed by atoms with van der Waals surface area (Å²) in [4.78, 5) is 22.0. The molecule has 0 saturated carbocycles. The van der Waals surface area contributed by atoms with Crippen molar-refractivity contribution < 1.29 is 14.3 Å². The van der Waals surface area contributed by atoms with Crippen molar-refractivity contribution in [1.82, 2.24) is 9.88 Å². The third-order valence-electron chi connectivity index (χ3n) is 5.10. The first-order valence-electron chi connectivity index (χ1n) is 10.4. The number of thiazole rings is 1. The predicted molar refractivity (Wildman–Crippen MR) is 120 cm³/mol. The molecule has 0 bridgehead atoms. The average molecular weight is 426 g/mol. The van der Waals surface area contributed by atoms with Crippen LogP contribution in [0.15, 0.2) is 54.6 Å². The van der Waals surface area contributed by atoms with Crippen molar-refractivity contribution in [2.75, 3.05) is 50.9 Å². The minimum Gasteiger partial charge on any atom is -0.493 e. The third kappa shape index (κ3) is 5.56. The Hall–Kier alpha value is -2.48. The molecule has 1 aliphatic rings. The van der Waals surface area contributed by atoms with Crippen LogP contribution in [-0.2, 0) is 9.53 Å². The lowest BCUT2D eigenvalue weighted by Crippen LogP contribution is -2.39. The van der Waals surface area contributed by atoms with Crippen molar-refractivity contribution in [1.29, 1.82) is 0 Å². The van der Waals surface area contributed by atoms with E-state index in [1.807, 2.05) is 59.5 Å². The van der Waals surface area contributed by atoms with Crippen LogP contribution in [0.1, 0.15) is 12.8 Å². The molecule has 1 aliphatic heterocycles. The minimum absolute atomic E-state index is 0.0481. The van der Waals surface area contributed by atoms with Gasteiger partial charge in [-0.3, -0.25) is 14.6 Å². The molecule has 7 heteroatoms. The normalized spacial score (nSPS) is 14.7. The van der Waals surface area contributed by atoms with Crippen LogP contribution in [0.2, 0.25) is 0 Å². The number of para-hydroxylation sites is 2. The lowest BCUT2D eigenvalue weighted by Gasteiger charge is -2.27. The number of aromatic nitrogens is 1. The van der Waals surface area contributed by atoms with E-state index in [-0.39, 0.29) is 5.91 Å². The van der Waals surface area contributed by atoms with Crippen molar-refractivity contribution >= 4 is 32.6 Å². The summed E-state index contributed by atoms with van der Waals surface area (Å²) in [6, 6.07) is 17.6. The Balaban J connectivity index is 1.39. The number of rotatable bonds is 9. The zero-order valence-corrected chi connectivity index (χ0v) is 17.9. The van der Waals surface area contributed by atoms with Crippen molar-refractivity contribution in [2.45, 2.75) is 12.8 Å². The lowest BCUT2D eigenvalue weighted by molar-refractivity contribution is -0.119. The molecule has 1 saturated heterocycles. The highest BCUT2D eigenvalue weighted by Crippen LogP contribution is 2.29. The van der Waals surface area contributed by atoms with Gasteiger partial charge in [0.05, 0.1) is 36.5 Å². The van der Waals surface area contributed by atoms with E-state index in [1.165, 1.54) is 0 Å². The molecule has 158 valence electrons. The monoisotopic (exact) mass is 425 g/mol. The van der Waals surface area contributed by atoms with Crippen LogP contribution < -0.4 is 9.64 Å². The maximum absolute atomic E-state index is 13.1. The smallest absolute Gasteiger partial charge is 0.232 e. The first-order chi connectivity index (χ1) is 14.8. The summed E-state index contributed by atoms with van der Waals surface area (Å²) < 4.78 is 12.3. The fourth-order valence-corrected chi connectivity index (χ4v) is 4.50. The molecule has 6 nitrogen and oxygen atoms in total. The highest BCUT2D eigenvalue weighted by atomic mass is 32.1. The van der Waals surface area contributed by atoms with Gasteiger partial charge >= 0.3 is 0 Å². The molecule has 2 heterocycles. The highest BCUT2D eigenvalue weighted by Gasteiger charge is 2.20. The average Bonchev–Trinajstić information content (AvgIpc) is 3.22. The van der Waals surface area contributed by atoms with E-state index in [0.29, 0.717) is 19.6 Å². The fraction of sp³-hybridized carbons (Fsp3) is 0.391. The quantitative estimate of drug-likeness (QED) is 0.522. The number of hydrogen-bond donors (Lipinski definition) is 0. The molecule has 3 aromatic rings. The summed E-state index contributed by atoms with van der Waals surface area (Å²) in [5.41, 5.74) is 0.934. The van der Waals surface area contributed by atoms with Gasteiger partial charge in [0.25, 0.3) is 0 Å². The number of ether oxygens (including phenoxy) is 2. The second-order valence-electron chi connectivity index (χ2n) is 7.23. The van der Waals surface area contributed by atoms with Gasteiger partial charge in [-0.1, -0.05) is 41.7 Å². The number of fused-ring (bicyclic) bond motifs is 1. The molecule has 1 aromatic heterocycles. The molecule has 30 heavy (non-hydrogen) atoms. The minimum atomic E-state index is 0.0481. The topological polar surface area (TPSA) is 54.9 Å². The van der Waals surface area contributed by atoms with Gasteiger partial charge in [0.2, 0.25) is 5.91 Å². The molecule has 0 radical (unpaired) electrons. The Morgan fingerprint density at radius 1 is 1.10 bits per heavy atom. The molecule has 0 aliphatic carbocycles. The molecule has 1 amide bonds. The molecular weight excluding hydrogens is 398 g/mol. The number of nitrogens with zero attached hydrogens (tertiary/aromatic N) is 3. The number of anilines is 1. The van der Waals surface area contributed by atoms with Crippen LogP contribution >= 0.6 is 11.3 Å². The summed E-state index contributed by atoms with van der Waals surface area (Å²) in [6.45, 7) is 5.46. The van der Waals surface area contributed by atoms with Crippen LogP contribution in [-0.4, -0.2) is 61.8 Å². The van der Waals surface area contributed by atoms with Gasteiger partial charge in [0.15, 0.2) is 5.13 Å². The molecule has 0 unspecified atom stereocenters. The SMILES string of the molecule is O=C(CCOc1ccccc1)N(CCCN1CCOCC1)c1nc2ccccc2s1. The van der Waals surface area contributed by atoms with E-state index in [1.54, 1.807) is 11.3 Å². The standard InChI is InChI=1S/C23H27N3O3S/c27-22(11-16-29-19-7-2-1-3-8-19)26(13-6-12-25-14-17-28-18-15-25)23-24-20-9-4-5-10-21(20)30-23/h1-5,7-10H,6,11-18H2. The Bertz CT molecular complexity index is 908. The van der Waals surface area contributed by atoms with Gasteiger partial charge in [-0.05, 0) is 30.7 Å². The molecule has 2 aromatic carbocycles. The molecule has 4 rings (SSSR count). The summed E-state index contributed by atoms with van der Waals surface area (Å²) in [5.74, 6) is 0.830. The van der Waals surface area contributed by atoms with Crippen molar-refractivity contribution in [3.8, 4) is 5.75 Å². The fourth-order valence-electron chi connectivity index (χ4n) is 3.49. The van der Waals surface area contributed by atoms with Crippen molar-refractivity contribution in [2.24, 2.45) is 0 Å². The van der Waals surface area contributed by atoms with Gasteiger partial charge in [-0.2, -0.15) is 0 Å². The van der Waals surface area contributed by atoms with E-state index in [0.717, 1.165) is 60.4 Å². The zero-order chi connectivity index (χ0) is 20.6. The second kappa shape index (κ2) is 10.5. The zero-order valence-electron chi connectivity index (χ0n) is 17.0. The maximum atomic E-state index is 13.1. The van der Waals surface area contributed by atoms with Gasteiger partial charge < -0.3 is 9.47 Å². The summed E-state index contributed by atoms with van der Waals surface area (Å²) in [6.07, 6.45) is 1.23. The number of amides is 1. The summed E-state index contributed by atoms with van der Waals surface area (Å²) >= 11 is 1.57. The van der Waals surface area contributed by atoms with E-state index in [9.17, 15) is 4.79 Å². The Kier molecular flexibility index (Phi) is 7.29. The predicted octanol–water partition coefficient (Wildman–Crippen LogP) is 3.82. The number of benzene rings is 2. The van der Waals surface area contributed by atoms with Crippen LogP contribution in [0.25, 0.3) is 10.2 Å². The van der Waals surface area contributed by atoms with Crippen LogP contribution in [0, 0.1) is 0 Å². The summed E-state index contributed by atoms with van der Waals surface area (Å²) in [5, 5.41) is 0.767. The molecule has 0 spiro atoms. The van der Waals surface area contributed by atoms with E-state index >= 15 is 0 Å². The van der Waals surface area contributed by atoms with Crippen LogP contribution in [0.5, 0.6) is 5.75 Å². The van der Waals surface area contributed by atoms with Crippen molar-refractivity contribution in [3.63, 3.8) is 0 Å². The van der Waals surface area contributed by atoms with Gasteiger partial charge in [-0.25, -0.2) is 4.98 Å². The first kappa shape index (κ1) is 20.8. The van der Waals surface area contributed by atoms with E-state index in [2.05, 4.69) is 4.90 Å². The van der Waals surface area contributed by atoms with Gasteiger partial charge in [0, 0.05) is 26.2 Å². The number of carbonyl (C=O) groups excluding carboxylic acids is 1.